The molecule has 2 N–H and O–H groups in total. The van der Waals surface area contributed by atoms with Crippen LogP contribution in [0.5, 0.6) is 0 Å². The number of rotatable bonds is 8. The lowest BCUT2D eigenvalue weighted by Gasteiger charge is -2.22. The first-order valence-electron chi connectivity index (χ1n) is 9.33. The van der Waals surface area contributed by atoms with E-state index in [-0.39, 0.29) is 0 Å². The van der Waals surface area contributed by atoms with Gasteiger partial charge in [0.25, 0.3) is 0 Å². The Kier molecular flexibility index (Phi) is 8.53. The molecule has 152 valence electrons. The highest BCUT2D eigenvalue weighted by Gasteiger charge is 2.13. The van der Waals surface area contributed by atoms with Gasteiger partial charge in [-0.25, -0.2) is 8.42 Å². The molecule has 1 saturated heterocycles. The zero-order valence-electron chi connectivity index (χ0n) is 16.5. The maximum Gasteiger partial charge on any atom is 0.191 e. The van der Waals surface area contributed by atoms with E-state index in [4.69, 9.17) is 9.47 Å². The molecule has 0 spiro atoms. The van der Waals surface area contributed by atoms with Crippen LogP contribution in [0.25, 0.3) is 0 Å². The summed E-state index contributed by atoms with van der Waals surface area (Å²) in [6.45, 7) is 5.47. The van der Waals surface area contributed by atoms with E-state index in [1.807, 2.05) is 19.1 Å². The molecule has 0 aromatic heterocycles. The molecule has 0 aliphatic carbocycles. The molecular weight excluding hydrogens is 366 g/mol. The van der Waals surface area contributed by atoms with Crippen LogP contribution in [0.3, 0.4) is 0 Å². The number of guanidine groups is 1. The molecule has 1 heterocycles. The predicted octanol–water partition coefficient (Wildman–Crippen LogP) is 1.65. The summed E-state index contributed by atoms with van der Waals surface area (Å²) in [7, 11) is -1.46. The van der Waals surface area contributed by atoms with Crippen LogP contribution in [-0.2, 0) is 25.9 Å². The second-order valence-electron chi connectivity index (χ2n) is 6.76. The summed E-state index contributed by atoms with van der Waals surface area (Å²) in [5.41, 5.74) is 1.76. The number of ether oxygens (including phenoxy) is 2. The van der Waals surface area contributed by atoms with E-state index in [2.05, 4.69) is 15.6 Å². The van der Waals surface area contributed by atoms with Gasteiger partial charge in [0.1, 0.15) is 0 Å². The first-order valence-corrected chi connectivity index (χ1v) is 11.2. The number of nitrogens with zero attached hydrogens (tertiary/aromatic N) is 1. The zero-order chi connectivity index (χ0) is 19.7. The van der Waals surface area contributed by atoms with Crippen molar-refractivity contribution < 1.29 is 17.9 Å². The van der Waals surface area contributed by atoms with Crippen molar-refractivity contribution in [3.05, 3.63) is 29.3 Å². The number of sulfone groups is 1. The minimum atomic E-state index is -3.19. The van der Waals surface area contributed by atoms with Crippen LogP contribution in [0.2, 0.25) is 0 Å². The molecule has 0 atom stereocenters. The Morgan fingerprint density at radius 2 is 2.04 bits per heavy atom. The second kappa shape index (κ2) is 10.6. The number of aryl methyl sites for hydroxylation is 1. The highest BCUT2D eigenvalue weighted by atomic mass is 32.2. The lowest BCUT2D eigenvalue weighted by Crippen LogP contribution is -2.37. The molecule has 0 unspecified atom stereocenters. The van der Waals surface area contributed by atoms with Crippen LogP contribution in [0, 0.1) is 6.92 Å². The van der Waals surface area contributed by atoms with Crippen molar-refractivity contribution >= 4 is 15.8 Å². The lowest BCUT2D eigenvalue weighted by molar-refractivity contribution is -0.0320. The Morgan fingerprint density at radius 3 is 2.67 bits per heavy atom. The minimum Gasteiger partial charge on any atom is -0.381 e. The molecule has 1 aromatic carbocycles. The smallest absolute Gasteiger partial charge is 0.191 e. The number of benzene rings is 1. The van der Waals surface area contributed by atoms with E-state index >= 15 is 0 Å². The lowest BCUT2D eigenvalue weighted by atomic mass is 10.1. The van der Waals surface area contributed by atoms with Crippen molar-refractivity contribution in [2.45, 2.75) is 43.7 Å². The van der Waals surface area contributed by atoms with E-state index in [1.54, 1.807) is 13.1 Å². The van der Waals surface area contributed by atoms with Gasteiger partial charge in [-0.15, -0.1) is 0 Å². The van der Waals surface area contributed by atoms with Gasteiger partial charge in [0.15, 0.2) is 15.8 Å². The fourth-order valence-corrected chi connectivity index (χ4v) is 3.97. The van der Waals surface area contributed by atoms with Crippen molar-refractivity contribution in [3.8, 4) is 0 Å². The normalized spacial score (nSPS) is 16.3. The average Bonchev–Trinajstić information content (AvgIpc) is 2.64. The van der Waals surface area contributed by atoms with Crippen LogP contribution in [-0.4, -0.2) is 60.2 Å². The van der Waals surface area contributed by atoms with Crippen molar-refractivity contribution in [2.24, 2.45) is 4.99 Å². The van der Waals surface area contributed by atoms with Crippen molar-refractivity contribution in [3.63, 3.8) is 0 Å². The van der Waals surface area contributed by atoms with Gasteiger partial charge < -0.3 is 20.1 Å². The van der Waals surface area contributed by atoms with Crippen LogP contribution < -0.4 is 10.6 Å². The molecule has 0 radical (unpaired) electrons. The second-order valence-corrected chi connectivity index (χ2v) is 8.74. The Labute approximate surface area is 162 Å². The van der Waals surface area contributed by atoms with Crippen molar-refractivity contribution in [1.29, 1.82) is 0 Å². The Hall–Kier alpha value is -1.64. The summed E-state index contributed by atoms with van der Waals surface area (Å²) in [6, 6.07) is 5.37. The van der Waals surface area contributed by atoms with Crippen molar-refractivity contribution in [1.82, 2.24) is 10.6 Å². The maximum atomic E-state index is 11.7. The van der Waals surface area contributed by atoms with Crippen LogP contribution >= 0.6 is 0 Å². The first kappa shape index (κ1) is 21.7. The number of nitrogens with one attached hydrogen (secondary N) is 2. The first-order chi connectivity index (χ1) is 12.9. The van der Waals surface area contributed by atoms with E-state index in [9.17, 15) is 8.42 Å². The Bertz CT molecular complexity index is 728. The Balaban J connectivity index is 1.70. The molecule has 1 aromatic rings. The summed E-state index contributed by atoms with van der Waals surface area (Å²) >= 11 is 0. The van der Waals surface area contributed by atoms with Gasteiger partial charge >= 0.3 is 0 Å². The molecule has 8 heteroatoms. The monoisotopic (exact) mass is 397 g/mol. The third-order valence-electron chi connectivity index (χ3n) is 4.46. The molecule has 0 saturated carbocycles. The van der Waals surface area contributed by atoms with E-state index < -0.39 is 9.84 Å². The minimum absolute atomic E-state index is 0.328. The third kappa shape index (κ3) is 7.48. The molecule has 1 aliphatic rings. The number of hydrogen-bond acceptors (Lipinski definition) is 5. The van der Waals surface area contributed by atoms with E-state index in [0.29, 0.717) is 23.5 Å². The quantitative estimate of drug-likeness (QED) is 0.394. The summed E-state index contributed by atoms with van der Waals surface area (Å²) in [6.07, 6.45) is 4.42. The number of hydrogen-bond donors (Lipinski definition) is 2. The molecule has 0 bridgehead atoms. The topological polar surface area (TPSA) is 89.0 Å². The molecule has 1 fully saturated rings. The molecule has 1 aliphatic heterocycles. The SMILES string of the molecule is CN=C(NCCCOC1CCOCC1)NCc1ccc(S(C)(=O)=O)c(C)c1. The largest absolute Gasteiger partial charge is 0.381 e. The zero-order valence-corrected chi connectivity index (χ0v) is 17.3. The van der Waals surface area contributed by atoms with E-state index in [0.717, 1.165) is 56.8 Å². The molecular formula is C19H31N3O4S. The standard InChI is InChI=1S/C19H31N3O4S/c1-15-13-16(5-6-18(15)27(3,23)24)14-22-19(20-2)21-9-4-10-26-17-7-11-25-12-8-17/h5-6,13,17H,4,7-12,14H2,1-3H3,(H2,20,21,22). The summed E-state index contributed by atoms with van der Waals surface area (Å²) in [5, 5.41) is 6.51. The fourth-order valence-electron chi connectivity index (χ4n) is 3.02. The highest BCUT2D eigenvalue weighted by molar-refractivity contribution is 7.90. The van der Waals surface area contributed by atoms with Crippen LogP contribution in [0.4, 0.5) is 0 Å². The van der Waals surface area contributed by atoms with Gasteiger partial charge in [-0.05, 0) is 43.4 Å². The molecule has 2 rings (SSSR count). The third-order valence-corrected chi connectivity index (χ3v) is 5.71. The van der Waals surface area contributed by atoms with Gasteiger partial charge in [-0.1, -0.05) is 12.1 Å². The predicted molar refractivity (Wildman–Crippen MR) is 107 cm³/mol. The fraction of sp³-hybridized carbons (Fsp3) is 0.632. The maximum absolute atomic E-state index is 11.7. The van der Waals surface area contributed by atoms with Gasteiger partial charge in [0.05, 0.1) is 11.0 Å². The number of aliphatic imine (C=N–C) groups is 1. The Morgan fingerprint density at radius 1 is 1.30 bits per heavy atom. The van der Waals surface area contributed by atoms with Crippen LogP contribution in [0.15, 0.2) is 28.1 Å². The van der Waals surface area contributed by atoms with Gasteiger partial charge in [0, 0.05) is 46.2 Å². The summed E-state index contributed by atoms with van der Waals surface area (Å²) in [5.74, 6) is 0.714. The van der Waals surface area contributed by atoms with E-state index in [1.165, 1.54) is 6.26 Å². The van der Waals surface area contributed by atoms with Crippen LogP contribution in [0.1, 0.15) is 30.4 Å². The highest BCUT2D eigenvalue weighted by Crippen LogP contribution is 2.16. The average molecular weight is 398 g/mol. The molecule has 7 nitrogen and oxygen atoms in total. The van der Waals surface area contributed by atoms with Gasteiger partial charge in [-0.2, -0.15) is 0 Å². The summed E-state index contributed by atoms with van der Waals surface area (Å²) in [4.78, 5) is 4.58. The van der Waals surface area contributed by atoms with Gasteiger partial charge in [-0.3, -0.25) is 4.99 Å². The molecule has 0 amide bonds. The van der Waals surface area contributed by atoms with Crippen molar-refractivity contribution in [2.75, 3.05) is 39.7 Å². The molecule has 27 heavy (non-hydrogen) atoms. The van der Waals surface area contributed by atoms with Gasteiger partial charge in [0.2, 0.25) is 0 Å². The summed E-state index contributed by atoms with van der Waals surface area (Å²) < 4.78 is 34.5.